The van der Waals surface area contributed by atoms with E-state index >= 15 is 0 Å². The van der Waals surface area contributed by atoms with Crippen LogP contribution in [0.25, 0.3) is 0 Å². The van der Waals surface area contributed by atoms with Gasteiger partial charge < -0.3 is 10.6 Å². The first-order valence-corrected chi connectivity index (χ1v) is 9.06. The van der Waals surface area contributed by atoms with Gasteiger partial charge in [-0.1, -0.05) is 12.1 Å². The van der Waals surface area contributed by atoms with Crippen molar-refractivity contribution in [1.82, 2.24) is 9.62 Å². The van der Waals surface area contributed by atoms with E-state index in [4.69, 9.17) is 5.73 Å². The van der Waals surface area contributed by atoms with E-state index in [2.05, 4.69) is 4.72 Å². The molecule has 1 atom stereocenters. The third-order valence-corrected chi connectivity index (χ3v) is 5.71. The van der Waals surface area contributed by atoms with Crippen molar-refractivity contribution < 1.29 is 8.42 Å². The smallest absolute Gasteiger partial charge is 0.212 e. The molecule has 0 spiro atoms. The van der Waals surface area contributed by atoms with E-state index < -0.39 is 10.0 Å². The quantitative estimate of drug-likeness (QED) is 0.557. The second-order valence-corrected chi connectivity index (χ2v) is 7.93. The van der Waals surface area contributed by atoms with E-state index in [-0.39, 0.29) is 11.8 Å². The van der Waals surface area contributed by atoms with Crippen LogP contribution in [0.5, 0.6) is 0 Å². The Balaban J connectivity index is 2.39. The molecule has 1 aromatic carbocycles. The first kappa shape index (κ1) is 17.3. The summed E-state index contributed by atoms with van der Waals surface area (Å²) in [4.78, 5) is 2.89. The van der Waals surface area contributed by atoms with E-state index in [0.717, 1.165) is 4.90 Å². The van der Waals surface area contributed by atoms with Gasteiger partial charge in [-0.3, -0.25) is 0 Å². The molecule has 0 aliphatic carbocycles. The molecule has 0 aliphatic rings. The Hall–Kier alpha value is -0.760. The number of para-hydroxylation sites is 1. The minimum Gasteiger partial charge on any atom is -0.398 e. The van der Waals surface area contributed by atoms with Gasteiger partial charge in [0.05, 0.1) is 5.75 Å². The van der Waals surface area contributed by atoms with Crippen LogP contribution in [0, 0.1) is 0 Å². The van der Waals surface area contributed by atoms with Crippen molar-refractivity contribution >= 4 is 27.5 Å². The topological polar surface area (TPSA) is 75.4 Å². The second-order valence-electron chi connectivity index (χ2n) is 4.87. The Bertz CT molecular complexity index is 518. The Morgan fingerprint density at radius 1 is 1.35 bits per heavy atom. The van der Waals surface area contributed by atoms with Gasteiger partial charge in [0.2, 0.25) is 10.0 Å². The molecule has 0 saturated carbocycles. The number of nitrogens with zero attached hydrogens (tertiary/aromatic N) is 1. The molecule has 7 heteroatoms. The predicted octanol–water partition coefficient (Wildman–Crippen LogP) is 1.23. The number of benzene rings is 1. The van der Waals surface area contributed by atoms with Gasteiger partial charge in [-0.25, -0.2) is 13.1 Å². The normalized spacial score (nSPS) is 13.6. The summed E-state index contributed by atoms with van der Waals surface area (Å²) >= 11 is 1.46. The predicted molar refractivity (Wildman–Crippen MR) is 86.5 cm³/mol. The molecule has 0 bridgehead atoms. The average Bonchev–Trinajstić information content (AvgIpc) is 2.38. The lowest BCUT2D eigenvalue weighted by atomic mass is 10.3. The highest BCUT2D eigenvalue weighted by atomic mass is 32.2. The highest BCUT2D eigenvalue weighted by Crippen LogP contribution is 2.24. The third-order valence-electron chi connectivity index (χ3n) is 3.01. The van der Waals surface area contributed by atoms with Gasteiger partial charge in [-0.05, 0) is 33.2 Å². The summed E-state index contributed by atoms with van der Waals surface area (Å²) in [6.07, 6.45) is 0. The molecule has 0 amide bonds. The zero-order valence-corrected chi connectivity index (χ0v) is 13.8. The van der Waals surface area contributed by atoms with Gasteiger partial charge in [-0.2, -0.15) is 0 Å². The number of anilines is 1. The number of thioether (sulfide) groups is 1. The number of nitrogen functional groups attached to an aromatic ring is 1. The summed E-state index contributed by atoms with van der Waals surface area (Å²) in [6.45, 7) is 2.40. The van der Waals surface area contributed by atoms with E-state index in [9.17, 15) is 8.42 Å². The summed E-state index contributed by atoms with van der Waals surface area (Å²) in [5.41, 5.74) is 6.49. The molecule has 1 rings (SSSR count). The number of hydrogen-bond donors (Lipinski definition) is 2. The van der Waals surface area contributed by atoms with Crippen molar-refractivity contribution in [3.63, 3.8) is 0 Å². The van der Waals surface area contributed by atoms with E-state index in [1.807, 2.05) is 50.2 Å². The van der Waals surface area contributed by atoms with Crippen molar-refractivity contribution in [2.24, 2.45) is 0 Å². The first-order chi connectivity index (χ1) is 9.32. The van der Waals surface area contributed by atoms with Crippen LogP contribution in [0.15, 0.2) is 29.2 Å². The summed E-state index contributed by atoms with van der Waals surface area (Å²) in [5, 5.41) is 0. The fourth-order valence-corrected chi connectivity index (χ4v) is 3.86. The number of sulfonamides is 1. The van der Waals surface area contributed by atoms with Crippen LogP contribution < -0.4 is 10.5 Å². The molecule has 0 heterocycles. The van der Waals surface area contributed by atoms with Gasteiger partial charge in [0, 0.05) is 28.9 Å². The summed E-state index contributed by atoms with van der Waals surface area (Å²) in [5.74, 6) is 0.575. The number of likely N-dealkylation sites (N-methyl/N-ethyl adjacent to an activating group) is 1. The van der Waals surface area contributed by atoms with Crippen LogP contribution in [-0.4, -0.2) is 51.5 Å². The fourth-order valence-electron chi connectivity index (χ4n) is 1.38. The van der Waals surface area contributed by atoms with Gasteiger partial charge >= 0.3 is 0 Å². The molecule has 114 valence electrons. The highest BCUT2D eigenvalue weighted by molar-refractivity contribution is 8.00. The molecule has 0 fully saturated rings. The van der Waals surface area contributed by atoms with Crippen LogP contribution in [0.1, 0.15) is 6.92 Å². The monoisotopic (exact) mass is 317 g/mol. The summed E-state index contributed by atoms with van der Waals surface area (Å²) in [6, 6.07) is 7.63. The minimum atomic E-state index is -3.23. The van der Waals surface area contributed by atoms with Gasteiger partial charge in [-0.15, -0.1) is 11.8 Å². The molecule has 0 radical (unpaired) electrons. The summed E-state index contributed by atoms with van der Waals surface area (Å²) in [7, 11) is 0.616. The molecule has 1 unspecified atom stereocenters. The summed E-state index contributed by atoms with van der Waals surface area (Å²) < 4.78 is 26.3. The van der Waals surface area contributed by atoms with Gasteiger partial charge in [0.25, 0.3) is 0 Å². The van der Waals surface area contributed by atoms with Crippen LogP contribution in [0.4, 0.5) is 5.69 Å². The van der Waals surface area contributed by atoms with Crippen LogP contribution in [0.2, 0.25) is 0 Å². The van der Waals surface area contributed by atoms with Gasteiger partial charge in [0.1, 0.15) is 0 Å². The Labute approximate surface area is 126 Å². The van der Waals surface area contributed by atoms with Crippen molar-refractivity contribution in [2.75, 3.05) is 37.9 Å². The lowest BCUT2D eigenvalue weighted by Gasteiger charge is -2.19. The first-order valence-electron chi connectivity index (χ1n) is 6.43. The van der Waals surface area contributed by atoms with Gasteiger partial charge in [0.15, 0.2) is 0 Å². The zero-order chi connectivity index (χ0) is 15.2. The van der Waals surface area contributed by atoms with Crippen molar-refractivity contribution in [1.29, 1.82) is 0 Å². The standard InChI is InChI=1S/C13H23N3O2S2/c1-11(16(2)3)10-15-20(17,18)9-8-19-13-7-5-4-6-12(13)14/h4-7,11,15H,8-10,14H2,1-3H3. The maximum absolute atomic E-state index is 11.9. The van der Waals surface area contributed by atoms with Crippen LogP contribution >= 0.6 is 11.8 Å². The fraction of sp³-hybridized carbons (Fsp3) is 0.538. The maximum Gasteiger partial charge on any atom is 0.212 e. The Morgan fingerprint density at radius 3 is 2.60 bits per heavy atom. The number of nitrogens with one attached hydrogen (secondary N) is 1. The van der Waals surface area contributed by atoms with E-state index in [0.29, 0.717) is 18.0 Å². The number of hydrogen-bond acceptors (Lipinski definition) is 5. The molecule has 1 aromatic rings. The second kappa shape index (κ2) is 7.87. The zero-order valence-electron chi connectivity index (χ0n) is 12.2. The van der Waals surface area contributed by atoms with Crippen LogP contribution in [-0.2, 0) is 10.0 Å². The van der Waals surface area contributed by atoms with Crippen molar-refractivity contribution in [2.45, 2.75) is 17.9 Å². The molecular formula is C13H23N3O2S2. The number of rotatable bonds is 8. The largest absolute Gasteiger partial charge is 0.398 e. The Morgan fingerprint density at radius 2 is 2.00 bits per heavy atom. The SMILES string of the molecule is CC(CNS(=O)(=O)CCSc1ccccc1N)N(C)C. The number of nitrogens with two attached hydrogens (primary N) is 1. The van der Waals surface area contributed by atoms with Crippen LogP contribution in [0.3, 0.4) is 0 Å². The van der Waals surface area contributed by atoms with E-state index in [1.165, 1.54) is 11.8 Å². The lowest BCUT2D eigenvalue weighted by Crippen LogP contribution is -2.39. The lowest BCUT2D eigenvalue weighted by molar-refractivity contribution is 0.314. The molecule has 0 saturated heterocycles. The molecule has 3 N–H and O–H groups in total. The van der Waals surface area contributed by atoms with E-state index in [1.54, 1.807) is 0 Å². The van der Waals surface area contributed by atoms with Crippen molar-refractivity contribution in [3.8, 4) is 0 Å². The molecule has 20 heavy (non-hydrogen) atoms. The van der Waals surface area contributed by atoms with Crippen molar-refractivity contribution in [3.05, 3.63) is 24.3 Å². The maximum atomic E-state index is 11.9. The molecular weight excluding hydrogens is 294 g/mol. The molecule has 0 aromatic heterocycles. The Kier molecular flexibility index (Phi) is 6.81. The minimum absolute atomic E-state index is 0.0894. The molecule has 0 aliphatic heterocycles. The third kappa shape index (κ3) is 6.13. The highest BCUT2D eigenvalue weighted by Gasteiger charge is 2.13. The molecule has 5 nitrogen and oxygen atoms in total. The average molecular weight is 317 g/mol.